The molecule has 1 aromatic carbocycles. The quantitative estimate of drug-likeness (QED) is 0.750. The number of nitrogens with two attached hydrogens (primary N) is 1. The first-order valence-corrected chi connectivity index (χ1v) is 10.3. The van der Waals surface area contributed by atoms with Gasteiger partial charge in [-0.05, 0) is 24.8 Å². The van der Waals surface area contributed by atoms with Crippen LogP contribution in [0.1, 0.15) is 41.8 Å². The zero-order valence-electron chi connectivity index (χ0n) is 15.8. The Morgan fingerprint density at radius 1 is 1.25 bits per heavy atom. The number of nitrogens with one attached hydrogen (secondary N) is 1. The molecule has 5 nitrogen and oxygen atoms in total. The van der Waals surface area contributed by atoms with Crippen LogP contribution in [0.2, 0.25) is 0 Å². The van der Waals surface area contributed by atoms with E-state index >= 15 is 0 Å². The molecule has 1 amide bonds. The summed E-state index contributed by atoms with van der Waals surface area (Å²) < 4.78 is 0. The van der Waals surface area contributed by atoms with E-state index in [1.165, 1.54) is 10.4 Å². The molecule has 0 spiro atoms. The van der Waals surface area contributed by atoms with Crippen molar-refractivity contribution in [2.75, 3.05) is 11.9 Å². The number of benzene rings is 1. The number of thiazole rings is 1. The van der Waals surface area contributed by atoms with Gasteiger partial charge in [-0.25, -0.2) is 4.98 Å². The molecule has 0 radical (unpaired) electrons. The summed E-state index contributed by atoms with van der Waals surface area (Å²) in [6, 6.07) is 10.7. The zero-order valence-corrected chi connectivity index (χ0v) is 18.3. The fourth-order valence-electron chi connectivity index (χ4n) is 3.95. The molecule has 0 bridgehead atoms. The van der Waals surface area contributed by atoms with Crippen molar-refractivity contribution in [2.45, 2.75) is 51.2 Å². The molecule has 1 aromatic heterocycles. The number of nitrogens with zero attached hydrogens (tertiary/aromatic N) is 2. The Morgan fingerprint density at radius 2 is 2.04 bits per heavy atom. The molecule has 1 aliphatic heterocycles. The predicted molar refractivity (Wildman–Crippen MR) is 119 cm³/mol. The van der Waals surface area contributed by atoms with Crippen molar-refractivity contribution in [3.63, 3.8) is 0 Å². The Bertz CT molecular complexity index is 771. The average Bonchev–Trinajstić information content (AvgIpc) is 3.04. The maximum Gasteiger partial charge on any atom is 0.229 e. The molecule has 1 fully saturated rings. The van der Waals surface area contributed by atoms with Gasteiger partial charge in [-0.15, -0.1) is 36.2 Å². The van der Waals surface area contributed by atoms with Gasteiger partial charge >= 0.3 is 0 Å². The summed E-state index contributed by atoms with van der Waals surface area (Å²) in [6.45, 7) is 2.88. The molecule has 8 heteroatoms. The fourth-order valence-corrected chi connectivity index (χ4v) is 5.01. The number of anilines is 1. The molecule has 1 saturated carbocycles. The topological polar surface area (TPSA) is 71.2 Å². The van der Waals surface area contributed by atoms with Gasteiger partial charge in [-0.2, -0.15) is 0 Å². The molecule has 0 saturated heterocycles. The van der Waals surface area contributed by atoms with E-state index in [0.717, 1.165) is 62.6 Å². The highest BCUT2D eigenvalue weighted by Gasteiger charge is 2.27. The largest absolute Gasteiger partial charge is 0.328 e. The highest BCUT2D eigenvalue weighted by molar-refractivity contribution is 7.15. The van der Waals surface area contributed by atoms with Crippen molar-refractivity contribution < 1.29 is 4.79 Å². The lowest BCUT2D eigenvalue weighted by Crippen LogP contribution is -2.34. The van der Waals surface area contributed by atoms with Crippen LogP contribution >= 0.6 is 36.2 Å². The summed E-state index contributed by atoms with van der Waals surface area (Å²) in [4.78, 5) is 20.9. The van der Waals surface area contributed by atoms with E-state index in [9.17, 15) is 4.79 Å². The van der Waals surface area contributed by atoms with Crippen LogP contribution in [0.4, 0.5) is 5.13 Å². The van der Waals surface area contributed by atoms with Crippen molar-refractivity contribution in [1.82, 2.24) is 9.88 Å². The summed E-state index contributed by atoms with van der Waals surface area (Å²) in [5.41, 5.74) is 8.50. The average molecular weight is 443 g/mol. The van der Waals surface area contributed by atoms with E-state index in [1.807, 2.05) is 0 Å². The Kier molecular flexibility index (Phi) is 8.71. The Balaban J connectivity index is 0.00000140. The Morgan fingerprint density at radius 3 is 2.79 bits per heavy atom. The number of hydrogen-bond donors (Lipinski definition) is 2. The molecular formula is C20H28Cl2N4OS. The molecule has 2 aromatic rings. The highest BCUT2D eigenvalue weighted by Crippen LogP contribution is 2.30. The van der Waals surface area contributed by atoms with Crippen molar-refractivity contribution in [3.05, 3.63) is 46.5 Å². The van der Waals surface area contributed by atoms with E-state index in [-0.39, 0.29) is 42.7 Å². The summed E-state index contributed by atoms with van der Waals surface area (Å²) in [5.74, 6) is 0.127. The second-order valence-electron chi connectivity index (χ2n) is 7.45. The van der Waals surface area contributed by atoms with Crippen LogP contribution in [0.5, 0.6) is 0 Å². The number of amides is 1. The summed E-state index contributed by atoms with van der Waals surface area (Å²) >= 11 is 1.63. The number of hydrogen-bond acceptors (Lipinski definition) is 5. The molecule has 3 N–H and O–H groups in total. The van der Waals surface area contributed by atoms with Crippen LogP contribution in [0.3, 0.4) is 0 Å². The van der Waals surface area contributed by atoms with Gasteiger partial charge in [0.15, 0.2) is 5.13 Å². The predicted octanol–water partition coefficient (Wildman–Crippen LogP) is 4.00. The third-order valence-corrected chi connectivity index (χ3v) is 6.37. The smallest absolute Gasteiger partial charge is 0.229 e. The van der Waals surface area contributed by atoms with Crippen LogP contribution in [0.15, 0.2) is 30.3 Å². The molecule has 2 aliphatic rings. The minimum Gasteiger partial charge on any atom is -0.328 e. The van der Waals surface area contributed by atoms with Crippen molar-refractivity contribution in [2.24, 2.45) is 11.7 Å². The van der Waals surface area contributed by atoms with E-state index in [0.29, 0.717) is 0 Å². The van der Waals surface area contributed by atoms with Crippen LogP contribution in [0.25, 0.3) is 0 Å². The first-order chi connectivity index (χ1) is 12.7. The van der Waals surface area contributed by atoms with Gasteiger partial charge in [0.05, 0.1) is 5.69 Å². The Hall–Kier alpha value is -1.18. The maximum absolute atomic E-state index is 12.5. The fraction of sp³-hybridized carbons (Fsp3) is 0.500. The zero-order chi connectivity index (χ0) is 17.9. The van der Waals surface area contributed by atoms with Crippen LogP contribution < -0.4 is 11.1 Å². The maximum atomic E-state index is 12.5. The number of halogens is 2. The van der Waals surface area contributed by atoms with Crippen molar-refractivity contribution in [3.8, 4) is 0 Å². The minimum atomic E-state index is 0. The van der Waals surface area contributed by atoms with E-state index in [2.05, 4.69) is 45.5 Å². The number of carbonyl (C=O) groups is 1. The second-order valence-corrected chi connectivity index (χ2v) is 8.53. The van der Waals surface area contributed by atoms with Crippen LogP contribution in [0, 0.1) is 5.92 Å². The molecule has 28 heavy (non-hydrogen) atoms. The molecule has 2 unspecified atom stereocenters. The Labute approximate surface area is 182 Å². The number of rotatable bonds is 4. The van der Waals surface area contributed by atoms with Gasteiger partial charge in [0.25, 0.3) is 0 Å². The number of carbonyl (C=O) groups excluding carboxylic acids is 1. The molecule has 4 rings (SSSR count). The normalized spacial score (nSPS) is 21.8. The van der Waals surface area contributed by atoms with E-state index < -0.39 is 0 Å². The third kappa shape index (κ3) is 5.67. The first kappa shape index (κ1) is 23.1. The van der Waals surface area contributed by atoms with Gasteiger partial charge in [0.2, 0.25) is 5.91 Å². The third-order valence-electron chi connectivity index (χ3n) is 5.37. The number of aromatic nitrogens is 1. The summed E-state index contributed by atoms with van der Waals surface area (Å²) in [7, 11) is 0. The van der Waals surface area contributed by atoms with Gasteiger partial charge in [0, 0.05) is 42.9 Å². The lowest BCUT2D eigenvalue weighted by Gasteiger charge is -2.25. The molecule has 2 atom stereocenters. The van der Waals surface area contributed by atoms with E-state index in [1.54, 1.807) is 11.3 Å². The van der Waals surface area contributed by atoms with Gasteiger partial charge in [0.1, 0.15) is 0 Å². The van der Waals surface area contributed by atoms with Gasteiger partial charge < -0.3 is 11.1 Å². The molecule has 154 valence electrons. The van der Waals surface area contributed by atoms with Crippen LogP contribution in [-0.2, 0) is 24.3 Å². The molecular weight excluding hydrogens is 415 g/mol. The minimum absolute atomic E-state index is 0. The van der Waals surface area contributed by atoms with Crippen LogP contribution in [-0.4, -0.2) is 28.4 Å². The van der Waals surface area contributed by atoms with Gasteiger partial charge in [-0.3, -0.25) is 9.69 Å². The first-order valence-electron chi connectivity index (χ1n) is 9.48. The lowest BCUT2D eigenvalue weighted by atomic mass is 9.86. The standard InChI is InChI=1S/C20H26N4OS.2ClH/c21-16-8-4-7-15(11-16)19(25)23-20-22-17-9-10-24(13-18(17)26-20)12-14-5-2-1-3-6-14;;/h1-3,5-6,15-16H,4,7-13,21H2,(H,22,23,25);2*1H. The summed E-state index contributed by atoms with van der Waals surface area (Å²) in [5, 5.41) is 3.80. The second kappa shape index (κ2) is 10.6. The monoisotopic (exact) mass is 442 g/mol. The highest BCUT2D eigenvalue weighted by atomic mass is 35.5. The number of fused-ring (bicyclic) bond motifs is 1. The van der Waals surface area contributed by atoms with Crippen molar-refractivity contribution in [1.29, 1.82) is 0 Å². The van der Waals surface area contributed by atoms with E-state index in [4.69, 9.17) is 5.73 Å². The van der Waals surface area contributed by atoms with Gasteiger partial charge in [-0.1, -0.05) is 36.8 Å². The SMILES string of the molecule is Cl.Cl.NC1CCCC(C(=O)Nc2nc3c(s2)CN(Cc2ccccc2)CC3)C1. The molecule has 2 heterocycles. The van der Waals surface area contributed by atoms with Crippen molar-refractivity contribution >= 4 is 47.2 Å². The lowest BCUT2D eigenvalue weighted by molar-refractivity contribution is -0.120. The summed E-state index contributed by atoms with van der Waals surface area (Å²) in [6.07, 6.45) is 4.76. The molecule has 1 aliphatic carbocycles.